The summed E-state index contributed by atoms with van der Waals surface area (Å²) < 4.78 is 6.05. The Labute approximate surface area is 119 Å². The minimum Gasteiger partial charge on any atom is -0.383 e. The maximum atomic E-state index is 4.96. The number of aromatic nitrogens is 2. The van der Waals surface area contributed by atoms with Gasteiger partial charge in [0, 0.05) is 38.2 Å². The van der Waals surface area contributed by atoms with E-state index in [4.69, 9.17) is 4.74 Å². The molecule has 0 aliphatic rings. The molecule has 0 bridgehead atoms. The fourth-order valence-electron chi connectivity index (χ4n) is 1.41. The number of nitrogens with one attached hydrogen (secondary N) is 1. The summed E-state index contributed by atoms with van der Waals surface area (Å²) in [6.45, 7) is 2.30. The molecule has 0 amide bonds. The largest absolute Gasteiger partial charge is 0.383 e. The van der Waals surface area contributed by atoms with E-state index in [1.165, 1.54) is 0 Å². The van der Waals surface area contributed by atoms with E-state index in [0.717, 1.165) is 33.1 Å². The molecule has 1 N–H and O–H groups in total. The van der Waals surface area contributed by atoms with Crippen LogP contribution in [0.25, 0.3) is 10.7 Å². The summed E-state index contributed by atoms with van der Waals surface area (Å²) in [4.78, 5) is 9.81. The third-order valence-corrected chi connectivity index (χ3v) is 3.93. The molecule has 0 saturated heterocycles. The Morgan fingerprint density at radius 2 is 2.11 bits per heavy atom. The van der Waals surface area contributed by atoms with Crippen LogP contribution >= 0.6 is 27.3 Å². The summed E-state index contributed by atoms with van der Waals surface area (Å²) in [6, 6.07) is 4.02. The molecule has 0 fully saturated rings. The molecular weight excluding hydrogens is 314 g/mol. The molecule has 2 heterocycles. The lowest BCUT2D eigenvalue weighted by Gasteiger charge is -2.03. The fourth-order valence-corrected chi connectivity index (χ4v) is 2.75. The van der Waals surface area contributed by atoms with Gasteiger partial charge in [0.15, 0.2) is 5.82 Å². The fraction of sp³-hybridized carbons (Fsp3) is 0.333. The van der Waals surface area contributed by atoms with Gasteiger partial charge in [-0.05, 0) is 28.1 Å². The maximum absolute atomic E-state index is 4.96. The van der Waals surface area contributed by atoms with Crippen molar-refractivity contribution in [2.24, 2.45) is 0 Å². The first-order chi connectivity index (χ1) is 8.79. The summed E-state index contributed by atoms with van der Waals surface area (Å²) in [5.41, 5.74) is 1.07. The van der Waals surface area contributed by atoms with Gasteiger partial charge < -0.3 is 10.1 Å². The second-order valence-electron chi connectivity index (χ2n) is 3.69. The Balaban J connectivity index is 1.93. The molecule has 0 aromatic carbocycles. The van der Waals surface area contributed by atoms with Crippen LogP contribution in [0.2, 0.25) is 0 Å². The molecule has 0 unspecified atom stereocenters. The van der Waals surface area contributed by atoms with Gasteiger partial charge in [-0.15, -0.1) is 11.3 Å². The van der Waals surface area contributed by atoms with Gasteiger partial charge >= 0.3 is 0 Å². The van der Waals surface area contributed by atoms with Crippen LogP contribution in [0.5, 0.6) is 0 Å². The van der Waals surface area contributed by atoms with Gasteiger partial charge in [0.25, 0.3) is 0 Å². The van der Waals surface area contributed by atoms with Gasteiger partial charge in [0.1, 0.15) is 0 Å². The molecular formula is C12H14BrN3OS. The summed E-state index contributed by atoms with van der Waals surface area (Å²) in [5, 5.41) is 3.26. The lowest BCUT2D eigenvalue weighted by atomic mass is 10.3. The van der Waals surface area contributed by atoms with Gasteiger partial charge in [-0.2, -0.15) is 0 Å². The van der Waals surface area contributed by atoms with E-state index < -0.39 is 0 Å². The highest BCUT2D eigenvalue weighted by Crippen LogP contribution is 2.28. The lowest BCUT2D eigenvalue weighted by Crippen LogP contribution is -2.18. The van der Waals surface area contributed by atoms with Crippen LogP contribution in [0, 0.1) is 0 Å². The molecule has 0 saturated carbocycles. The third kappa shape index (κ3) is 3.84. The standard InChI is InChI=1S/C12H14BrN3OS/c1-17-5-4-14-6-9-7-15-12(16-8-9)10-2-3-11(13)18-10/h2-3,7-8,14H,4-6H2,1H3. The number of halogens is 1. The Morgan fingerprint density at radius 1 is 1.33 bits per heavy atom. The smallest absolute Gasteiger partial charge is 0.169 e. The molecule has 4 nitrogen and oxygen atoms in total. The number of rotatable bonds is 6. The average Bonchev–Trinajstić information content (AvgIpc) is 2.82. The number of thiophene rings is 1. The minimum absolute atomic E-state index is 0.710. The van der Waals surface area contributed by atoms with Crippen molar-refractivity contribution in [3.8, 4) is 10.7 Å². The SMILES string of the molecule is COCCNCc1cnc(-c2ccc(Br)s2)nc1. The van der Waals surface area contributed by atoms with Crippen molar-refractivity contribution in [3.05, 3.63) is 33.9 Å². The van der Waals surface area contributed by atoms with E-state index in [1.807, 2.05) is 24.5 Å². The molecule has 2 rings (SSSR count). The zero-order valence-corrected chi connectivity index (χ0v) is 12.4. The van der Waals surface area contributed by atoms with Crippen molar-refractivity contribution in [1.82, 2.24) is 15.3 Å². The Morgan fingerprint density at radius 3 is 2.72 bits per heavy atom. The first-order valence-corrected chi connectivity index (χ1v) is 7.17. The van der Waals surface area contributed by atoms with Crippen LogP contribution in [0.3, 0.4) is 0 Å². The van der Waals surface area contributed by atoms with Gasteiger partial charge in [-0.1, -0.05) is 0 Å². The van der Waals surface area contributed by atoms with Crippen LogP contribution in [0.1, 0.15) is 5.56 Å². The van der Waals surface area contributed by atoms with E-state index in [9.17, 15) is 0 Å². The van der Waals surface area contributed by atoms with Crippen molar-refractivity contribution in [1.29, 1.82) is 0 Å². The summed E-state index contributed by atoms with van der Waals surface area (Å²) in [6.07, 6.45) is 3.71. The molecule has 18 heavy (non-hydrogen) atoms. The van der Waals surface area contributed by atoms with Crippen molar-refractivity contribution >= 4 is 27.3 Å². The van der Waals surface area contributed by atoms with Crippen molar-refractivity contribution in [2.75, 3.05) is 20.3 Å². The van der Waals surface area contributed by atoms with E-state index in [-0.39, 0.29) is 0 Å². The number of hydrogen-bond acceptors (Lipinski definition) is 5. The van der Waals surface area contributed by atoms with Crippen molar-refractivity contribution in [2.45, 2.75) is 6.54 Å². The first kappa shape index (κ1) is 13.6. The van der Waals surface area contributed by atoms with Crippen LogP contribution in [-0.4, -0.2) is 30.2 Å². The van der Waals surface area contributed by atoms with Gasteiger partial charge in [-0.25, -0.2) is 9.97 Å². The highest BCUT2D eigenvalue weighted by atomic mass is 79.9. The van der Waals surface area contributed by atoms with E-state index in [1.54, 1.807) is 18.4 Å². The lowest BCUT2D eigenvalue weighted by molar-refractivity contribution is 0.199. The summed E-state index contributed by atoms with van der Waals surface area (Å²) in [7, 11) is 1.69. The maximum Gasteiger partial charge on any atom is 0.169 e. The van der Waals surface area contributed by atoms with E-state index in [2.05, 4.69) is 31.2 Å². The molecule has 0 aliphatic carbocycles. The van der Waals surface area contributed by atoms with Crippen LogP contribution in [0.4, 0.5) is 0 Å². The second-order valence-corrected chi connectivity index (χ2v) is 6.15. The molecule has 96 valence electrons. The predicted molar refractivity (Wildman–Crippen MR) is 76.6 cm³/mol. The quantitative estimate of drug-likeness (QED) is 0.829. The van der Waals surface area contributed by atoms with Gasteiger partial charge in [-0.3, -0.25) is 0 Å². The second kappa shape index (κ2) is 6.94. The number of hydrogen-bond donors (Lipinski definition) is 1. The predicted octanol–water partition coefficient (Wildman–Crippen LogP) is 2.70. The molecule has 0 atom stereocenters. The molecule has 2 aromatic heterocycles. The van der Waals surface area contributed by atoms with Crippen molar-refractivity contribution in [3.63, 3.8) is 0 Å². The Bertz CT molecular complexity index is 486. The normalized spacial score (nSPS) is 10.8. The topological polar surface area (TPSA) is 47.0 Å². The third-order valence-electron chi connectivity index (χ3n) is 2.31. The number of methoxy groups -OCH3 is 1. The first-order valence-electron chi connectivity index (χ1n) is 5.56. The molecule has 0 radical (unpaired) electrons. The van der Waals surface area contributed by atoms with Crippen LogP contribution in [-0.2, 0) is 11.3 Å². The summed E-state index contributed by atoms with van der Waals surface area (Å²) in [5.74, 6) is 0.770. The zero-order chi connectivity index (χ0) is 12.8. The minimum atomic E-state index is 0.710. The highest BCUT2D eigenvalue weighted by molar-refractivity contribution is 9.11. The number of ether oxygens (including phenoxy) is 1. The molecule has 0 aliphatic heterocycles. The van der Waals surface area contributed by atoms with Crippen LogP contribution in [0.15, 0.2) is 28.3 Å². The van der Waals surface area contributed by atoms with Gasteiger partial charge in [0.05, 0.1) is 15.3 Å². The molecule has 2 aromatic rings. The van der Waals surface area contributed by atoms with E-state index in [0.29, 0.717) is 6.61 Å². The summed E-state index contributed by atoms with van der Waals surface area (Å²) >= 11 is 5.06. The molecule has 0 spiro atoms. The van der Waals surface area contributed by atoms with Crippen molar-refractivity contribution < 1.29 is 4.74 Å². The Hall–Kier alpha value is -0.820. The average molecular weight is 328 g/mol. The van der Waals surface area contributed by atoms with Crippen LogP contribution < -0.4 is 5.32 Å². The highest BCUT2D eigenvalue weighted by Gasteiger charge is 2.04. The molecule has 6 heteroatoms. The Kier molecular flexibility index (Phi) is 5.25. The van der Waals surface area contributed by atoms with E-state index >= 15 is 0 Å². The monoisotopic (exact) mass is 327 g/mol. The zero-order valence-electron chi connectivity index (χ0n) is 10.0. The number of nitrogens with zero attached hydrogens (tertiary/aromatic N) is 2. The van der Waals surface area contributed by atoms with Gasteiger partial charge in [0.2, 0.25) is 0 Å².